The van der Waals surface area contributed by atoms with E-state index in [2.05, 4.69) is 26.2 Å². The Hall–Kier alpha value is -2.37. The van der Waals surface area contributed by atoms with Gasteiger partial charge in [-0.2, -0.15) is 0 Å². The van der Waals surface area contributed by atoms with E-state index in [-0.39, 0.29) is 5.91 Å². The number of furan rings is 1. The molecule has 4 nitrogen and oxygen atoms in total. The Labute approximate surface area is 165 Å². The summed E-state index contributed by atoms with van der Waals surface area (Å²) < 4.78 is 6.65. The second-order valence-corrected chi connectivity index (χ2v) is 7.01. The molecule has 2 heterocycles. The Morgan fingerprint density at radius 3 is 2.73 bits per heavy atom. The minimum Gasteiger partial charge on any atom is -0.457 e. The second kappa shape index (κ2) is 7.89. The van der Waals surface area contributed by atoms with Gasteiger partial charge in [0.2, 0.25) is 5.91 Å². The molecule has 2 aromatic heterocycles. The average molecular weight is 432 g/mol. The van der Waals surface area contributed by atoms with E-state index >= 15 is 0 Å². The molecule has 0 radical (unpaired) electrons. The summed E-state index contributed by atoms with van der Waals surface area (Å²) >= 11 is 9.53. The van der Waals surface area contributed by atoms with Crippen LogP contribution in [0.1, 0.15) is 17.0 Å². The molecule has 0 fully saturated rings. The first-order valence-corrected chi connectivity index (χ1v) is 9.08. The highest BCUT2D eigenvalue weighted by molar-refractivity contribution is 9.10. The average Bonchev–Trinajstić information content (AvgIpc) is 3.08. The molecule has 0 bridgehead atoms. The monoisotopic (exact) mass is 430 g/mol. The molecule has 0 unspecified atom stereocenters. The van der Waals surface area contributed by atoms with Crippen molar-refractivity contribution < 1.29 is 9.21 Å². The van der Waals surface area contributed by atoms with Crippen LogP contribution in [0.25, 0.3) is 17.4 Å². The molecule has 0 aliphatic rings. The summed E-state index contributed by atoms with van der Waals surface area (Å²) in [6, 6.07) is 13.0. The van der Waals surface area contributed by atoms with E-state index in [4.69, 9.17) is 16.0 Å². The summed E-state index contributed by atoms with van der Waals surface area (Å²) in [6.07, 6.45) is 3.02. The normalized spacial score (nSPS) is 11.1. The highest BCUT2D eigenvalue weighted by Gasteiger charge is 2.06. The van der Waals surface area contributed by atoms with Crippen LogP contribution in [0.3, 0.4) is 0 Å². The fraction of sp³-hybridized carbons (Fsp3) is 0.100. The van der Waals surface area contributed by atoms with Crippen molar-refractivity contribution in [3.63, 3.8) is 0 Å². The number of pyridine rings is 1. The number of halogens is 2. The van der Waals surface area contributed by atoms with Crippen LogP contribution in [0.5, 0.6) is 0 Å². The van der Waals surface area contributed by atoms with Gasteiger partial charge in [-0.3, -0.25) is 4.79 Å². The molecule has 0 atom stereocenters. The number of hydrogen-bond donors (Lipinski definition) is 1. The van der Waals surface area contributed by atoms with Crippen LogP contribution < -0.4 is 5.32 Å². The zero-order valence-corrected chi connectivity index (χ0v) is 16.6. The van der Waals surface area contributed by atoms with Crippen molar-refractivity contribution in [1.29, 1.82) is 0 Å². The van der Waals surface area contributed by atoms with E-state index in [1.807, 2.05) is 44.2 Å². The molecule has 1 N–H and O–H groups in total. The van der Waals surface area contributed by atoms with Gasteiger partial charge < -0.3 is 9.73 Å². The van der Waals surface area contributed by atoms with Gasteiger partial charge >= 0.3 is 0 Å². The van der Waals surface area contributed by atoms with Crippen LogP contribution in [0.15, 0.2) is 57.4 Å². The Kier molecular flexibility index (Phi) is 5.59. The number of carbonyl (C=O) groups excluding carboxylic acids is 1. The van der Waals surface area contributed by atoms with Crippen molar-refractivity contribution in [1.82, 2.24) is 4.98 Å². The number of nitrogens with zero attached hydrogens (tertiary/aromatic N) is 1. The van der Waals surface area contributed by atoms with E-state index in [1.165, 1.54) is 6.08 Å². The number of hydrogen-bond acceptors (Lipinski definition) is 3. The molecule has 132 valence electrons. The maximum atomic E-state index is 12.0. The largest absolute Gasteiger partial charge is 0.457 e. The number of amides is 1. The van der Waals surface area contributed by atoms with Crippen molar-refractivity contribution in [2.24, 2.45) is 0 Å². The van der Waals surface area contributed by atoms with Gasteiger partial charge in [-0.15, -0.1) is 0 Å². The van der Waals surface area contributed by atoms with Gasteiger partial charge in [-0.25, -0.2) is 4.98 Å². The molecule has 6 heteroatoms. The Morgan fingerprint density at radius 1 is 1.19 bits per heavy atom. The van der Waals surface area contributed by atoms with Crippen LogP contribution >= 0.6 is 27.5 Å². The fourth-order valence-corrected chi connectivity index (χ4v) is 2.68. The van der Waals surface area contributed by atoms with Crippen molar-refractivity contribution >= 4 is 45.3 Å². The standard InChI is InChI=1S/C20H16BrClN2O2/c1-12-3-4-14(11-17(12)22)18-8-5-15(26-18)6-10-20(25)24-19-9-7-16(21)13(2)23-19/h3-11H,1-2H3,(H,23,24,25)/b10-6+. The molecule has 26 heavy (non-hydrogen) atoms. The SMILES string of the molecule is Cc1ccc(-c2ccc(/C=C/C(=O)Nc3ccc(Br)c(C)n3)o2)cc1Cl. The van der Waals surface area contributed by atoms with Gasteiger partial charge in [0.1, 0.15) is 17.3 Å². The topological polar surface area (TPSA) is 55.1 Å². The van der Waals surface area contributed by atoms with Gasteiger partial charge in [-0.1, -0.05) is 23.7 Å². The van der Waals surface area contributed by atoms with Gasteiger partial charge in [0.15, 0.2) is 0 Å². The third-order valence-corrected chi connectivity index (χ3v) is 5.00. The van der Waals surface area contributed by atoms with E-state index in [0.717, 1.165) is 21.3 Å². The van der Waals surface area contributed by atoms with Crippen LogP contribution in [-0.2, 0) is 4.79 Å². The van der Waals surface area contributed by atoms with Crippen molar-refractivity contribution in [2.75, 3.05) is 5.32 Å². The molecule has 1 aromatic carbocycles. The Balaban J connectivity index is 1.68. The number of aryl methyl sites for hydroxylation is 2. The molecule has 0 aliphatic heterocycles. The van der Waals surface area contributed by atoms with Crippen LogP contribution in [0, 0.1) is 13.8 Å². The Morgan fingerprint density at radius 2 is 2.00 bits per heavy atom. The smallest absolute Gasteiger partial charge is 0.249 e. The molecule has 0 spiro atoms. The first-order valence-electron chi connectivity index (χ1n) is 7.91. The first kappa shape index (κ1) is 18.4. The van der Waals surface area contributed by atoms with Crippen LogP contribution in [0.4, 0.5) is 5.82 Å². The zero-order valence-electron chi connectivity index (χ0n) is 14.2. The van der Waals surface area contributed by atoms with E-state index in [9.17, 15) is 4.79 Å². The molecule has 1 amide bonds. The highest BCUT2D eigenvalue weighted by Crippen LogP contribution is 2.27. The number of anilines is 1. The summed E-state index contributed by atoms with van der Waals surface area (Å²) in [6.45, 7) is 3.81. The maximum absolute atomic E-state index is 12.0. The highest BCUT2D eigenvalue weighted by atomic mass is 79.9. The quantitative estimate of drug-likeness (QED) is 0.513. The van der Waals surface area contributed by atoms with E-state index in [0.29, 0.717) is 22.4 Å². The second-order valence-electron chi connectivity index (χ2n) is 5.75. The summed E-state index contributed by atoms with van der Waals surface area (Å²) in [5, 5.41) is 3.40. The van der Waals surface area contributed by atoms with Crippen LogP contribution in [-0.4, -0.2) is 10.9 Å². The first-order chi connectivity index (χ1) is 12.4. The lowest BCUT2D eigenvalue weighted by Gasteiger charge is -2.03. The number of carbonyl (C=O) groups is 1. The molecule has 3 rings (SSSR count). The van der Waals surface area contributed by atoms with Gasteiger partial charge in [0.25, 0.3) is 0 Å². The predicted octanol–water partition coefficient (Wildman–Crippen LogP) is 6.03. The lowest BCUT2D eigenvalue weighted by atomic mass is 10.1. The van der Waals surface area contributed by atoms with E-state index < -0.39 is 0 Å². The molecule has 3 aromatic rings. The van der Waals surface area contributed by atoms with Crippen molar-refractivity contribution in [3.8, 4) is 11.3 Å². The van der Waals surface area contributed by atoms with E-state index in [1.54, 1.807) is 18.2 Å². The van der Waals surface area contributed by atoms with Crippen LogP contribution in [0.2, 0.25) is 5.02 Å². The van der Waals surface area contributed by atoms with Gasteiger partial charge in [-0.05, 0) is 71.7 Å². The summed E-state index contributed by atoms with van der Waals surface area (Å²) in [7, 11) is 0. The molecular weight excluding hydrogens is 416 g/mol. The van der Waals surface area contributed by atoms with Crippen molar-refractivity contribution in [3.05, 3.63) is 75.1 Å². The molecule has 0 aliphatic carbocycles. The predicted molar refractivity (Wildman–Crippen MR) is 108 cm³/mol. The Bertz CT molecular complexity index is 995. The number of nitrogens with one attached hydrogen (secondary N) is 1. The zero-order chi connectivity index (χ0) is 18.7. The van der Waals surface area contributed by atoms with Gasteiger partial charge in [0, 0.05) is 21.1 Å². The molecular formula is C20H16BrClN2O2. The number of aromatic nitrogens is 1. The molecule has 0 saturated carbocycles. The minimum atomic E-state index is -0.282. The third-order valence-electron chi connectivity index (χ3n) is 3.75. The lowest BCUT2D eigenvalue weighted by Crippen LogP contribution is -2.09. The number of rotatable bonds is 4. The van der Waals surface area contributed by atoms with Gasteiger partial charge in [0.05, 0.1) is 5.69 Å². The fourth-order valence-electron chi connectivity index (χ4n) is 2.28. The minimum absolute atomic E-state index is 0.282. The lowest BCUT2D eigenvalue weighted by molar-refractivity contribution is -0.111. The summed E-state index contributed by atoms with van der Waals surface area (Å²) in [4.78, 5) is 16.3. The summed E-state index contributed by atoms with van der Waals surface area (Å²) in [5.74, 6) is 1.48. The third kappa shape index (κ3) is 4.42. The number of benzene rings is 1. The van der Waals surface area contributed by atoms with Crippen molar-refractivity contribution in [2.45, 2.75) is 13.8 Å². The molecule has 0 saturated heterocycles. The maximum Gasteiger partial charge on any atom is 0.249 e. The summed E-state index contributed by atoms with van der Waals surface area (Å²) in [5.41, 5.74) is 2.70.